The summed E-state index contributed by atoms with van der Waals surface area (Å²) in [5, 5.41) is 21.8. The van der Waals surface area contributed by atoms with Crippen LogP contribution in [-0.2, 0) is 0 Å². The molecule has 5 heteroatoms. The molecule has 0 aliphatic carbocycles. The van der Waals surface area contributed by atoms with Crippen molar-refractivity contribution < 1.29 is 15.0 Å². The van der Waals surface area contributed by atoms with E-state index in [1.165, 1.54) is 6.20 Å². The highest BCUT2D eigenvalue weighted by molar-refractivity contribution is 5.93. The van der Waals surface area contributed by atoms with E-state index in [-0.39, 0.29) is 5.56 Å². The van der Waals surface area contributed by atoms with Gasteiger partial charge < -0.3 is 15.5 Å². The quantitative estimate of drug-likeness (QED) is 0.726. The largest absolute Gasteiger partial charge is 0.478 e. The maximum Gasteiger partial charge on any atom is 0.339 e. The molecule has 0 bridgehead atoms. The van der Waals surface area contributed by atoms with E-state index in [0.29, 0.717) is 18.7 Å². The molecule has 0 radical (unpaired) electrons. The second kappa shape index (κ2) is 5.14. The molecule has 17 heavy (non-hydrogen) atoms. The number of carbonyl (C=O) groups is 1. The fourth-order valence-corrected chi connectivity index (χ4v) is 1.29. The molecule has 0 aromatic carbocycles. The van der Waals surface area contributed by atoms with E-state index in [4.69, 9.17) is 5.11 Å². The van der Waals surface area contributed by atoms with Crippen molar-refractivity contribution in [3.05, 3.63) is 23.5 Å². The van der Waals surface area contributed by atoms with Crippen molar-refractivity contribution in [2.75, 3.05) is 11.9 Å². The van der Waals surface area contributed by atoms with E-state index in [0.717, 1.165) is 5.69 Å². The van der Waals surface area contributed by atoms with Gasteiger partial charge in [0.1, 0.15) is 5.56 Å². The van der Waals surface area contributed by atoms with Crippen LogP contribution in [0.4, 0.5) is 5.69 Å². The number of anilines is 1. The molecule has 0 aliphatic rings. The van der Waals surface area contributed by atoms with Gasteiger partial charge in [0.2, 0.25) is 0 Å². The molecule has 1 unspecified atom stereocenters. The van der Waals surface area contributed by atoms with E-state index in [9.17, 15) is 9.90 Å². The first kappa shape index (κ1) is 13.4. The van der Waals surface area contributed by atoms with Crippen molar-refractivity contribution in [1.29, 1.82) is 0 Å². The first-order chi connectivity index (χ1) is 7.85. The Morgan fingerprint density at radius 1 is 1.59 bits per heavy atom. The van der Waals surface area contributed by atoms with Gasteiger partial charge in [-0.1, -0.05) is 6.92 Å². The number of hydrogen-bond donors (Lipinski definition) is 3. The predicted octanol–water partition coefficient (Wildman–Crippen LogP) is 1.66. The van der Waals surface area contributed by atoms with Crippen LogP contribution in [0.5, 0.6) is 0 Å². The minimum Gasteiger partial charge on any atom is -0.478 e. The Labute approximate surface area is 101 Å². The third-order valence-corrected chi connectivity index (χ3v) is 2.69. The summed E-state index contributed by atoms with van der Waals surface area (Å²) in [6, 6.07) is 1.66. The summed E-state index contributed by atoms with van der Waals surface area (Å²) < 4.78 is 0. The highest BCUT2D eigenvalue weighted by atomic mass is 16.4. The van der Waals surface area contributed by atoms with Crippen LogP contribution in [0.2, 0.25) is 0 Å². The van der Waals surface area contributed by atoms with Gasteiger partial charge in [-0.15, -0.1) is 0 Å². The van der Waals surface area contributed by atoms with E-state index in [1.807, 2.05) is 6.92 Å². The molecular weight excluding hydrogens is 220 g/mol. The maximum atomic E-state index is 11.0. The summed E-state index contributed by atoms with van der Waals surface area (Å²) in [5.74, 6) is -1.03. The molecule has 94 valence electrons. The van der Waals surface area contributed by atoms with Gasteiger partial charge in [0.15, 0.2) is 0 Å². The van der Waals surface area contributed by atoms with Crippen LogP contribution in [-0.4, -0.2) is 33.3 Å². The van der Waals surface area contributed by atoms with Crippen molar-refractivity contribution >= 4 is 11.7 Å². The number of pyridine rings is 1. The number of nitrogens with one attached hydrogen (secondary N) is 1. The maximum absolute atomic E-state index is 11.0. The van der Waals surface area contributed by atoms with Crippen molar-refractivity contribution in [3.63, 3.8) is 0 Å². The monoisotopic (exact) mass is 238 g/mol. The minimum absolute atomic E-state index is 0.113. The van der Waals surface area contributed by atoms with Crippen LogP contribution in [0.3, 0.4) is 0 Å². The lowest BCUT2D eigenvalue weighted by Crippen LogP contribution is -2.32. The van der Waals surface area contributed by atoms with Crippen LogP contribution in [0, 0.1) is 6.92 Å². The lowest BCUT2D eigenvalue weighted by atomic mass is 10.0. The number of aryl methyl sites for hydroxylation is 1. The molecule has 1 rings (SSSR count). The van der Waals surface area contributed by atoms with Crippen LogP contribution >= 0.6 is 0 Å². The number of hydrogen-bond acceptors (Lipinski definition) is 4. The molecule has 1 heterocycles. The van der Waals surface area contributed by atoms with Gasteiger partial charge in [0.25, 0.3) is 0 Å². The highest BCUT2D eigenvalue weighted by Crippen LogP contribution is 2.18. The summed E-state index contributed by atoms with van der Waals surface area (Å²) in [7, 11) is 0. The second-order valence-corrected chi connectivity index (χ2v) is 4.38. The molecular formula is C12H18N2O3. The van der Waals surface area contributed by atoms with E-state index in [2.05, 4.69) is 10.3 Å². The summed E-state index contributed by atoms with van der Waals surface area (Å²) in [6.45, 7) is 5.66. The van der Waals surface area contributed by atoms with Gasteiger partial charge in [-0.3, -0.25) is 4.98 Å². The van der Waals surface area contributed by atoms with Crippen LogP contribution in [0.15, 0.2) is 12.3 Å². The van der Waals surface area contributed by atoms with Crippen molar-refractivity contribution in [1.82, 2.24) is 4.98 Å². The second-order valence-electron chi connectivity index (χ2n) is 4.38. The van der Waals surface area contributed by atoms with Gasteiger partial charge in [-0.2, -0.15) is 0 Å². The average molecular weight is 238 g/mol. The van der Waals surface area contributed by atoms with Gasteiger partial charge in [0, 0.05) is 18.4 Å². The van der Waals surface area contributed by atoms with Gasteiger partial charge in [0.05, 0.1) is 11.3 Å². The first-order valence-corrected chi connectivity index (χ1v) is 5.52. The van der Waals surface area contributed by atoms with Crippen LogP contribution < -0.4 is 5.32 Å². The Morgan fingerprint density at radius 2 is 2.24 bits per heavy atom. The topological polar surface area (TPSA) is 82.5 Å². The molecule has 0 saturated heterocycles. The molecule has 0 aliphatic heterocycles. The molecule has 1 aromatic rings. The lowest BCUT2D eigenvalue weighted by Gasteiger charge is -2.22. The molecule has 0 spiro atoms. The van der Waals surface area contributed by atoms with Gasteiger partial charge in [-0.05, 0) is 26.3 Å². The number of aromatic carboxylic acids is 1. The van der Waals surface area contributed by atoms with E-state index < -0.39 is 11.6 Å². The predicted molar refractivity (Wildman–Crippen MR) is 65.3 cm³/mol. The van der Waals surface area contributed by atoms with E-state index in [1.54, 1.807) is 19.9 Å². The summed E-state index contributed by atoms with van der Waals surface area (Å²) in [5.41, 5.74) is 0.474. The number of carboxylic acids is 1. The Morgan fingerprint density at radius 3 is 2.76 bits per heavy atom. The minimum atomic E-state index is -1.03. The van der Waals surface area contributed by atoms with Gasteiger partial charge in [-0.25, -0.2) is 4.79 Å². The zero-order chi connectivity index (χ0) is 13.1. The number of nitrogens with zero attached hydrogens (tertiary/aromatic N) is 1. The Balaban J connectivity index is 2.89. The first-order valence-electron chi connectivity index (χ1n) is 5.52. The molecule has 1 aromatic heterocycles. The fraction of sp³-hybridized carbons (Fsp3) is 0.500. The Hall–Kier alpha value is -1.62. The lowest BCUT2D eigenvalue weighted by molar-refractivity contribution is 0.0677. The number of aliphatic hydroxyl groups is 1. The van der Waals surface area contributed by atoms with Crippen molar-refractivity contribution in [3.8, 4) is 0 Å². The Bertz CT molecular complexity index is 416. The van der Waals surface area contributed by atoms with E-state index >= 15 is 0 Å². The molecule has 5 nitrogen and oxygen atoms in total. The number of carboxylic acid groups (broad SMARTS) is 1. The van der Waals surface area contributed by atoms with Crippen molar-refractivity contribution in [2.24, 2.45) is 0 Å². The fourth-order valence-electron chi connectivity index (χ4n) is 1.29. The van der Waals surface area contributed by atoms with Crippen molar-refractivity contribution in [2.45, 2.75) is 32.8 Å². The third-order valence-electron chi connectivity index (χ3n) is 2.69. The standard InChI is InChI=1S/C12H18N2O3/c1-4-12(3,17)7-14-10-5-8(2)13-6-9(10)11(15)16/h5-6,17H,4,7H2,1-3H3,(H,13,14)(H,15,16). The average Bonchev–Trinajstić information content (AvgIpc) is 2.26. The highest BCUT2D eigenvalue weighted by Gasteiger charge is 2.19. The number of rotatable bonds is 5. The molecule has 3 N–H and O–H groups in total. The summed E-state index contributed by atoms with van der Waals surface area (Å²) >= 11 is 0. The molecule has 0 fully saturated rings. The number of aromatic nitrogens is 1. The zero-order valence-corrected chi connectivity index (χ0v) is 10.3. The SMILES string of the molecule is CCC(C)(O)CNc1cc(C)ncc1C(=O)O. The third kappa shape index (κ3) is 3.71. The molecule has 0 saturated carbocycles. The summed E-state index contributed by atoms with van der Waals surface area (Å²) in [6.07, 6.45) is 1.91. The normalized spacial score (nSPS) is 14.1. The summed E-state index contributed by atoms with van der Waals surface area (Å²) in [4.78, 5) is 14.9. The van der Waals surface area contributed by atoms with Crippen LogP contribution in [0.25, 0.3) is 0 Å². The van der Waals surface area contributed by atoms with Gasteiger partial charge >= 0.3 is 5.97 Å². The Kier molecular flexibility index (Phi) is 4.07. The molecule has 0 amide bonds. The van der Waals surface area contributed by atoms with Crippen LogP contribution in [0.1, 0.15) is 36.3 Å². The zero-order valence-electron chi connectivity index (χ0n) is 10.3. The smallest absolute Gasteiger partial charge is 0.339 e. The molecule has 1 atom stereocenters.